The van der Waals surface area contributed by atoms with Crippen LogP contribution in [0.25, 0.3) is 0 Å². The quantitative estimate of drug-likeness (QED) is 0.592. The molecule has 2 aromatic rings. The number of oxime groups is 2. The Morgan fingerprint density at radius 2 is 1.96 bits per heavy atom. The van der Waals surface area contributed by atoms with Crippen molar-refractivity contribution in [3.63, 3.8) is 0 Å². The van der Waals surface area contributed by atoms with E-state index in [0.717, 1.165) is 16.7 Å². The molecule has 144 valence electrons. The van der Waals surface area contributed by atoms with Crippen LogP contribution in [-0.4, -0.2) is 31.5 Å². The molecular weight excluding hydrogens is 356 g/mol. The molecule has 7 heteroatoms. The van der Waals surface area contributed by atoms with Crippen LogP contribution in [0.2, 0.25) is 0 Å². The van der Waals surface area contributed by atoms with Crippen LogP contribution in [0.15, 0.2) is 52.8 Å². The number of aryl methyl sites for hydroxylation is 1. The predicted molar refractivity (Wildman–Crippen MR) is 107 cm³/mol. The molecule has 0 saturated carbocycles. The minimum Gasteiger partial charge on any atom is -0.398 e. The molecular formula is C21H22N4O3. The Hall–Kier alpha value is -3.66. The zero-order chi connectivity index (χ0) is 20.5. The van der Waals surface area contributed by atoms with E-state index in [9.17, 15) is 4.79 Å². The van der Waals surface area contributed by atoms with Gasteiger partial charge in [0.15, 0.2) is 5.71 Å². The van der Waals surface area contributed by atoms with Crippen LogP contribution in [0.5, 0.6) is 0 Å². The van der Waals surface area contributed by atoms with Crippen molar-refractivity contribution in [2.24, 2.45) is 10.3 Å². The number of nitriles is 1. The molecule has 0 radical (unpaired) electrons. The molecule has 0 atom stereocenters. The minimum atomic E-state index is -0.360. The number of likely N-dealkylation sites (N-methyl/N-ethyl adjacent to an activating group) is 1. The van der Waals surface area contributed by atoms with E-state index < -0.39 is 0 Å². The third-order valence-corrected chi connectivity index (χ3v) is 4.11. The molecule has 0 spiro atoms. The molecule has 7 nitrogen and oxygen atoms in total. The van der Waals surface area contributed by atoms with Gasteiger partial charge in [0.1, 0.15) is 13.7 Å². The zero-order valence-electron chi connectivity index (χ0n) is 16.3. The molecule has 0 aliphatic rings. The summed E-state index contributed by atoms with van der Waals surface area (Å²) in [5.41, 5.74) is 4.49. The van der Waals surface area contributed by atoms with Crippen molar-refractivity contribution in [3.8, 4) is 6.07 Å². The normalized spacial score (nSPS) is 11.5. The van der Waals surface area contributed by atoms with Gasteiger partial charge in [0.25, 0.3) is 5.91 Å². The van der Waals surface area contributed by atoms with E-state index in [1.807, 2.05) is 25.1 Å². The highest BCUT2D eigenvalue weighted by atomic mass is 16.6. The molecule has 0 bridgehead atoms. The lowest BCUT2D eigenvalue weighted by Gasteiger charge is -2.13. The summed E-state index contributed by atoms with van der Waals surface area (Å²) in [4.78, 5) is 22.6. The number of benzene rings is 2. The fraction of sp³-hybridized carbons (Fsp3) is 0.238. The highest BCUT2D eigenvalue weighted by Crippen LogP contribution is 2.18. The summed E-state index contributed by atoms with van der Waals surface area (Å²) < 4.78 is 0. The van der Waals surface area contributed by atoms with Crippen LogP contribution in [0, 0.1) is 18.3 Å². The van der Waals surface area contributed by atoms with Gasteiger partial charge in [-0.05, 0) is 31.5 Å². The second kappa shape index (κ2) is 9.88. The zero-order valence-corrected chi connectivity index (χ0v) is 16.3. The largest absolute Gasteiger partial charge is 0.398 e. The number of rotatable bonds is 7. The van der Waals surface area contributed by atoms with Crippen LogP contribution in [0.3, 0.4) is 0 Å². The number of carbonyl (C=O) groups excluding carboxylic acids is 1. The van der Waals surface area contributed by atoms with E-state index >= 15 is 0 Å². The summed E-state index contributed by atoms with van der Waals surface area (Å²) in [5, 5.41) is 19.6. The van der Waals surface area contributed by atoms with Crippen molar-refractivity contribution in [3.05, 3.63) is 70.3 Å². The Kier molecular flexibility index (Phi) is 7.28. The number of hydrogen-bond donors (Lipinski definition) is 1. The number of hydrogen-bond acceptors (Lipinski definition) is 6. The van der Waals surface area contributed by atoms with Crippen LogP contribution in [-0.2, 0) is 21.1 Å². The van der Waals surface area contributed by atoms with E-state index in [-0.39, 0.29) is 18.2 Å². The number of nitrogens with zero attached hydrogens (tertiary/aromatic N) is 3. The minimum absolute atomic E-state index is 0.150. The Labute approximate surface area is 164 Å². The molecule has 1 amide bonds. The molecule has 2 rings (SSSR count). The first-order valence-electron chi connectivity index (χ1n) is 8.61. The van der Waals surface area contributed by atoms with Crippen molar-refractivity contribution in [1.29, 1.82) is 5.26 Å². The Balaban J connectivity index is 2.28. The number of amides is 1. The molecule has 0 fully saturated rings. The summed E-state index contributed by atoms with van der Waals surface area (Å²) in [5.74, 6) is -0.360. The van der Waals surface area contributed by atoms with Crippen LogP contribution >= 0.6 is 0 Å². The van der Waals surface area contributed by atoms with Crippen LogP contribution in [0.4, 0.5) is 0 Å². The third kappa shape index (κ3) is 4.95. The van der Waals surface area contributed by atoms with Crippen molar-refractivity contribution in [1.82, 2.24) is 5.32 Å². The van der Waals surface area contributed by atoms with Gasteiger partial charge in [-0.25, -0.2) is 0 Å². The molecule has 1 N–H and O–H groups in total. The lowest BCUT2D eigenvalue weighted by atomic mass is 9.98. The average molecular weight is 378 g/mol. The van der Waals surface area contributed by atoms with Gasteiger partial charge in [-0.2, -0.15) is 5.26 Å². The van der Waals surface area contributed by atoms with Crippen LogP contribution < -0.4 is 5.32 Å². The van der Waals surface area contributed by atoms with Gasteiger partial charge in [-0.3, -0.25) is 4.79 Å². The van der Waals surface area contributed by atoms with Crippen molar-refractivity contribution in [2.45, 2.75) is 20.5 Å². The van der Waals surface area contributed by atoms with Gasteiger partial charge in [0.2, 0.25) is 0 Å². The molecule has 0 aliphatic heterocycles. The van der Waals surface area contributed by atoms with Gasteiger partial charge in [0.05, 0.1) is 17.3 Å². The molecule has 0 saturated heterocycles. The monoisotopic (exact) mass is 378 g/mol. The molecule has 0 heterocycles. The second-order valence-electron chi connectivity index (χ2n) is 5.95. The maximum Gasteiger partial charge on any atom is 0.273 e. The van der Waals surface area contributed by atoms with Crippen LogP contribution in [0.1, 0.15) is 34.7 Å². The van der Waals surface area contributed by atoms with E-state index in [1.165, 1.54) is 14.2 Å². The summed E-state index contributed by atoms with van der Waals surface area (Å²) in [6.45, 7) is 3.87. The first-order valence-corrected chi connectivity index (χ1v) is 8.61. The molecule has 0 aromatic heterocycles. The van der Waals surface area contributed by atoms with E-state index in [4.69, 9.17) is 14.9 Å². The lowest BCUT2D eigenvalue weighted by Crippen LogP contribution is -2.29. The fourth-order valence-corrected chi connectivity index (χ4v) is 2.60. The maximum atomic E-state index is 12.2. The summed E-state index contributed by atoms with van der Waals surface area (Å²) >= 11 is 0. The second-order valence-corrected chi connectivity index (χ2v) is 5.95. The van der Waals surface area contributed by atoms with Crippen molar-refractivity contribution in [2.75, 3.05) is 14.2 Å². The standard InChI is InChI=1S/C21H22N4O3/c1-14-7-5-10-18(20(25-27-4)21(26)23-3)19(14)13-28-24-15(2)17-9-6-8-16(11-17)12-22/h5-11H,13H2,1-4H3,(H,23,26)/b24-15+,25-20+. The molecule has 0 unspecified atom stereocenters. The predicted octanol–water partition coefficient (Wildman–Crippen LogP) is 2.90. The van der Waals surface area contributed by atoms with Gasteiger partial charge in [-0.15, -0.1) is 0 Å². The summed E-state index contributed by atoms with van der Waals surface area (Å²) in [6, 6.07) is 14.8. The highest BCUT2D eigenvalue weighted by Gasteiger charge is 2.19. The Morgan fingerprint density at radius 3 is 2.64 bits per heavy atom. The number of carbonyl (C=O) groups is 1. The SMILES string of the molecule is CNC(=O)/C(=N/OC)c1cccc(C)c1CO/N=C(\C)c1cccc(C#N)c1. The molecule has 0 aliphatic carbocycles. The summed E-state index contributed by atoms with van der Waals surface area (Å²) in [6.07, 6.45) is 0. The Morgan fingerprint density at radius 1 is 1.21 bits per heavy atom. The maximum absolute atomic E-state index is 12.2. The van der Waals surface area contributed by atoms with Crippen molar-refractivity contribution < 1.29 is 14.5 Å². The van der Waals surface area contributed by atoms with Crippen molar-refractivity contribution >= 4 is 17.3 Å². The highest BCUT2D eigenvalue weighted by molar-refractivity contribution is 6.45. The van der Waals surface area contributed by atoms with E-state index in [0.29, 0.717) is 16.8 Å². The molecule has 2 aromatic carbocycles. The lowest BCUT2D eigenvalue weighted by molar-refractivity contribution is -0.114. The van der Waals surface area contributed by atoms with Gasteiger partial charge in [0, 0.05) is 23.7 Å². The first kappa shape index (κ1) is 20.6. The van der Waals surface area contributed by atoms with Gasteiger partial charge < -0.3 is 15.0 Å². The van der Waals surface area contributed by atoms with E-state index in [1.54, 1.807) is 31.2 Å². The smallest absolute Gasteiger partial charge is 0.273 e. The first-order chi connectivity index (χ1) is 13.5. The topological polar surface area (TPSA) is 96.1 Å². The Bertz CT molecular complexity index is 958. The fourth-order valence-electron chi connectivity index (χ4n) is 2.60. The van der Waals surface area contributed by atoms with Gasteiger partial charge in [-0.1, -0.05) is 40.6 Å². The third-order valence-electron chi connectivity index (χ3n) is 4.11. The molecule has 28 heavy (non-hydrogen) atoms. The summed E-state index contributed by atoms with van der Waals surface area (Å²) in [7, 11) is 2.92. The van der Waals surface area contributed by atoms with E-state index in [2.05, 4.69) is 21.7 Å². The number of nitrogens with one attached hydrogen (secondary N) is 1. The average Bonchev–Trinajstić information content (AvgIpc) is 2.72. The van der Waals surface area contributed by atoms with Gasteiger partial charge >= 0.3 is 0 Å².